The number of ether oxygens (including phenoxy) is 1. The molecule has 2 aromatic heterocycles. The predicted octanol–water partition coefficient (Wildman–Crippen LogP) is 3.70. The van der Waals surface area contributed by atoms with Crippen molar-refractivity contribution in [3.63, 3.8) is 0 Å². The van der Waals surface area contributed by atoms with Gasteiger partial charge in [0.15, 0.2) is 4.96 Å². The lowest BCUT2D eigenvalue weighted by atomic mass is 9.99. The minimum Gasteiger partial charge on any atom is -0.384 e. The van der Waals surface area contributed by atoms with Gasteiger partial charge in [-0.15, -0.1) is 11.3 Å². The van der Waals surface area contributed by atoms with Crippen LogP contribution in [0.15, 0.2) is 35.8 Å². The zero-order valence-electron chi connectivity index (χ0n) is 14.5. The number of nitrogens with zero attached hydrogens (tertiary/aromatic N) is 3. The van der Waals surface area contributed by atoms with Crippen molar-refractivity contribution in [3.8, 4) is 11.3 Å². The number of thiazole rings is 1. The second-order valence-corrected chi connectivity index (χ2v) is 7.43. The topological polar surface area (TPSA) is 46.8 Å². The summed E-state index contributed by atoms with van der Waals surface area (Å²) in [5, 5.41) is 1.83. The quantitative estimate of drug-likeness (QED) is 0.701. The molecule has 0 bridgehead atoms. The molecular formula is C19H20FN3O2S. The van der Waals surface area contributed by atoms with E-state index in [9.17, 15) is 9.18 Å². The SMILES string of the molecule is COC[C@H]1CCCN(C(=O)c2csc3nc(-c4ccccc4F)cn23)C1. The molecule has 1 aromatic carbocycles. The highest BCUT2D eigenvalue weighted by Gasteiger charge is 2.26. The first-order valence-electron chi connectivity index (χ1n) is 8.67. The van der Waals surface area contributed by atoms with Crippen LogP contribution in [0.2, 0.25) is 0 Å². The molecule has 1 aliphatic heterocycles. The molecule has 0 radical (unpaired) electrons. The number of piperidine rings is 1. The molecule has 0 aliphatic carbocycles. The zero-order chi connectivity index (χ0) is 18.1. The summed E-state index contributed by atoms with van der Waals surface area (Å²) in [6, 6.07) is 6.54. The molecule has 0 unspecified atom stereocenters. The average Bonchev–Trinajstić information content (AvgIpc) is 3.23. The van der Waals surface area contributed by atoms with E-state index in [2.05, 4.69) is 4.98 Å². The Morgan fingerprint density at radius 1 is 1.42 bits per heavy atom. The summed E-state index contributed by atoms with van der Waals surface area (Å²) >= 11 is 1.40. The third-order valence-corrected chi connectivity index (χ3v) is 5.63. The highest BCUT2D eigenvalue weighted by Crippen LogP contribution is 2.27. The van der Waals surface area contributed by atoms with Gasteiger partial charge in [-0.25, -0.2) is 9.37 Å². The van der Waals surface area contributed by atoms with Gasteiger partial charge in [0.25, 0.3) is 5.91 Å². The Labute approximate surface area is 155 Å². The number of hydrogen-bond donors (Lipinski definition) is 0. The smallest absolute Gasteiger partial charge is 0.271 e. The van der Waals surface area contributed by atoms with E-state index in [4.69, 9.17) is 4.74 Å². The van der Waals surface area contributed by atoms with Gasteiger partial charge >= 0.3 is 0 Å². The highest BCUT2D eigenvalue weighted by atomic mass is 32.1. The van der Waals surface area contributed by atoms with E-state index in [1.165, 1.54) is 17.4 Å². The van der Waals surface area contributed by atoms with Gasteiger partial charge in [-0.3, -0.25) is 9.20 Å². The Kier molecular flexibility index (Phi) is 4.74. The molecule has 1 aliphatic rings. The van der Waals surface area contributed by atoms with Gasteiger partial charge in [0, 0.05) is 37.3 Å². The summed E-state index contributed by atoms with van der Waals surface area (Å²) in [5.41, 5.74) is 1.57. The lowest BCUT2D eigenvalue weighted by molar-refractivity contribution is 0.0565. The van der Waals surface area contributed by atoms with Crippen molar-refractivity contribution < 1.29 is 13.9 Å². The van der Waals surface area contributed by atoms with Gasteiger partial charge in [0.1, 0.15) is 11.5 Å². The van der Waals surface area contributed by atoms with Crippen LogP contribution < -0.4 is 0 Å². The van der Waals surface area contributed by atoms with E-state index in [1.54, 1.807) is 35.9 Å². The van der Waals surface area contributed by atoms with Crippen molar-refractivity contribution >= 4 is 22.2 Å². The Morgan fingerprint density at radius 3 is 3.08 bits per heavy atom. The molecule has 5 nitrogen and oxygen atoms in total. The summed E-state index contributed by atoms with van der Waals surface area (Å²) in [4.78, 5) is 20.1. The van der Waals surface area contributed by atoms with Crippen LogP contribution in [0.3, 0.4) is 0 Å². The van der Waals surface area contributed by atoms with Crippen molar-refractivity contribution in [2.45, 2.75) is 12.8 Å². The normalized spacial score (nSPS) is 17.8. The molecule has 7 heteroatoms. The number of fused-ring (bicyclic) bond motifs is 1. The minimum atomic E-state index is -0.315. The molecule has 26 heavy (non-hydrogen) atoms. The van der Waals surface area contributed by atoms with Crippen molar-refractivity contribution in [3.05, 3.63) is 47.4 Å². The number of imidazole rings is 1. The van der Waals surface area contributed by atoms with Crippen LogP contribution in [0.1, 0.15) is 23.3 Å². The Hall–Kier alpha value is -2.25. The number of hydrogen-bond acceptors (Lipinski definition) is 4. The van der Waals surface area contributed by atoms with Crippen LogP contribution in [-0.4, -0.2) is 47.0 Å². The highest BCUT2D eigenvalue weighted by molar-refractivity contribution is 7.15. The standard InChI is InChI=1S/C19H20FN3O2S/c1-25-11-13-5-4-8-22(9-13)18(24)17-12-26-19-21-16(10-23(17)19)14-6-2-3-7-15(14)20/h2-3,6-7,10,12-13H,4-5,8-9,11H2,1H3/t13-/m0/s1. The van der Waals surface area contributed by atoms with Crippen LogP contribution >= 0.6 is 11.3 Å². The number of aromatic nitrogens is 2. The van der Waals surface area contributed by atoms with Gasteiger partial charge in [-0.1, -0.05) is 12.1 Å². The lowest BCUT2D eigenvalue weighted by Crippen LogP contribution is -2.41. The first-order chi connectivity index (χ1) is 12.7. The fourth-order valence-corrected chi connectivity index (χ4v) is 4.37. The molecule has 1 saturated heterocycles. The van der Waals surface area contributed by atoms with Gasteiger partial charge in [0.05, 0.1) is 12.3 Å². The number of carbonyl (C=O) groups excluding carboxylic acids is 1. The average molecular weight is 373 g/mol. The maximum Gasteiger partial charge on any atom is 0.271 e. The minimum absolute atomic E-state index is 0.00506. The number of likely N-dealkylation sites (tertiary alicyclic amines) is 1. The first-order valence-corrected chi connectivity index (χ1v) is 9.55. The van der Waals surface area contributed by atoms with Gasteiger partial charge in [0.2, 0.25) is 0 Å². The zero-order valence-corrected chi connectivity index (χ0v) is 15.3. The number of halogens is 1. The third-order valence-electron chi connectivity index (χ3n) is 4.79. The molecule has 0 spiro atoms. The molecule has 0 N–H and O–H groups in total. The fraction of sp³-hybridized carbons (Fsp3) is 0.368. The predicted molar refractivity (Wildman–Crippen MR) is 99.0 cm³/mol. The second kappa shape index (κ2) is 7.17. The molecule has 3 heterocycles. The molecule has 3 aromatic rings. The summed E-state index contributed by atoms with van der Waals surface area (Å²) in [7, 11) is 1.69. The summed E-state index contributed by atoms with van der Waals surface area (Å²) in [6.45, 7) is 2.13. The number of methoxy groups -OCH3 is 1. The van der Waals surface area contributed by atoms with Crippen LogP contribution in [-0.2, 0) is 4.74 Å². The van der Waals surface area contributed by atoms with E-state index >= 15 is 0 Å². The first kappa shape index (κ1) is 17.2. The van der Waals surface area contributed by atoms with E-state index in [-0.39, 0.29) is 11.7 Å². The molecule has 0 saturated carbocycles. The molecule has 136 valence electrons. The fourth-order valence-electron chi connectivity index (χ4n) is 3.52. The van der Waals surface area contributed by atoms with Crippen LogP contribution in [0, 0.1) is 11.7 Å². The molecular weight excluding hydrogens is 353 g/mol. The van der Waals surface area contributed by atoms with Gasteiger partial charge < -0.3 is 9.64 Å². The molecule has 1 amide bonds. The Morgan fingerprint density at radius 2 is 2.27 bits per heavy atom. The van der Waals surface area contributed by atoms with Crippen LogP contribution in [0.4, 0.5) is 4.39 Å². The van der Waals surface area contributed by atoms with Crippen molar-refractivity contribution in [2.24, 2.45) is 5.92 Å². The van der Waals surface area contributed by atoms with E-state index in [1.807, 2.05) is 10.3 Å². The largest absolute Gasteiger partial charge is 0.384 e. The Bertz CT molecular complexity index is 934. The monoisotopic (exact) mass is 373 g/mol. The number of benzene rings is 1. The number of carbonyl (C=O) groups is 1. The van der Waals surface area contributed by atoms with E-state index < -0.39 is 0 Å². The van der Waals surface area contributed by atoms with E-state index in [0.717, 1.165) is 19.4 Å². The van der Waals surface area contributed by atoms with Gasteiger partial charge in [-0.05, 0) is 30.9 Å². The summed E-state index contributed by atoms with van der Waals surface area (Å²) < 4.78 is 21.1. The van der Waals surface area contributed by atoms with Crippen LogP contribution in [0.25, 0.3) is 16.2 Å². The summed E-state index contributed by atoms with van der Waals surface area (Å²) in [5.74, 6) is 0.0580. The third kappa shape index (κ3) is 3.12. The van der Waals surface area contributed by atoms with Crippen molar-refractivity contribution in [2.75, 3.05) is 26.8 Å². The van der Waals surface area contributed by atoms with Gasteiger partial charge in [-0.2, -0.15) is 0 Å². The maximum atomic E-state index is 14.0. The lowest BCUT2D eigenvalue weighted by Gasteiger charge is -2.32. The number of rotatable bonds is 4. The Balaban J connectivity index is 1.63. The number of amides is 1. The molecule has 4 rings (SSSR count). The summed E-state index contributed by atoms with van der Waals surface area (Å²) in [6.07, 6.45) is 3.81. The maximum absolute atomic E-state index is 14.0. The second-order valence-electron chi connectivity index (χ2n) is 6.59. The van der Waals surface area contributed by atoms with Crippen molar-refractivity contribution in [1.29, 1.82) is 0 Å². The molecule has 1 atom stereocenters. The van der Waals surface area contributed by atoms with E-state index in [0.29, 0.717) is 41.0 Å². The van der Waals surface area contributed by atoms with Crippen molar-refractivity contribution in [1.82, 2.24) is 14.3 Å². The van der Waals surface area contributed by atoms with Crippen LogP contribution in [0.5, 0.6) is 0 Å². The molecule has 1 fully saturated rings.